The van der Waals surface area contributed by atoms with Gasteiger partial charge in [-0.05, 0) is 55.6 Å². The molecule has 0 bridgehead atoms. The quantitative estimate of drug-likeness (QED) is 0.871. The Kier molecular flexibility index (Phi) is 10.3. The molecule has 2 aromatic carbocycles. The lowest BCUT2D eigenvalue weighted by Crippen LogP contribution is -2.23. The van der Waals surface area contributed by atoms with Crippen molar-refractivity contribution in [2.45, 2.75) is 6.42 Å². The Morgan fingerprint density at radius 2 is 1.67 bits per heavy atom. The molecule has 3 rings (SSSR count). The Hall–Kier alpha value is -2.05. The lowest BCUT2D eigenvalue weighted by molar-refractivity contribution is -0.118. The molecule has 0 aliphatic carbocycles. The van der Waals surface area contributed by atoms with E-state index >= 15 is 0 Å². The summed E-state index contributed by atoms with van der Waals surface area (Å²) in [6.07, 6.45) is 1.12. The number of halogens is 1. The molecule has 1 heterocycles. The average Bonchev–Trinajstić information content (AvgIpc) is 2.88. The summed E-state index contributed by atoms with van der Waals surface area (Å²) in [6, 6.07) is 15.3. The van der Waals surface area contributed by atoms with Crippen LogP contribution in [0.1, 0.15) is 6.42 Å². The molecule has 130 valence electrons. The third-order valence-electron chi connectivity index (χ3n) is 2.81. The molecule has 1 saturated heterocycles. The van der Waals surface area contributed by atoms with Gasteiger partial charge in [-0.1, -0.05) is 18.2 Å². The summed E-state index contributed by atoms with van der Waals surface area (Å²) in [5.41, 5.74) is 4.50. The van der Waals surface area contributed by atoms with Crippen molar-refractivity contribution in [2.75, 3.05) is 25.1 Å². The molecular weight excluding hydrogens is 327 g/mol. The summed E-state index contributed by atoms with van der Waals surface area (Å²) in [5, 5.41) is 2.78. The first-order chi connectivity index (χ1) is 11.7. The van der Waals surface area contributed by atoms with Gasteiger partial charge in [0.05, 0.1) is 5.75 Å². The highest BCUT2D eigenvalue weighted by Crippen LogP contribution is 2.20. The molecule has 4 nitrogen and oxygen atoms in total. The topological polar surface area (TPSA) is 64.3 Å². The number of ether oxygens (including phenoxy) is 1. The molecular formula is C18H23FN2O2S. The number of thioether (sulfide) groups is 1. The van der Waals surface area contributed by atoms with Crippen LogP contribution in [0.4, 0.5) is 4.39 Å². The molecule has 1 aliphatic heterocycles. The van der Waals surface area contributed by atoms with Crippen LogP contribution in [-0.2, 0) is 4.79 Å². The minimum absolute atomic E-state index is 0.188. The number of hydrogen-bond acceptors (Lipinski definition) is 4. The van der Waals surface area contributed by atoms with Crippen molar-refractivity contribution < 1.29 is 13.9 Å². The van der Waals surface area contributed by atoms with E-state index in [1.54, 1.807) is 23.9 Å². The van der Waals surface area contributed by atoms with Gasteiger partial charge in [0.15, 0.2) is 0 Å². The first kappa shape index (κ1) is 20.0. The number of carbonyl (C=O) groups excluding carboxylic acids is 1. The Morgan fingerprint density at radius 3 is 2.33 bits per heavy atom. The van der Waals surface area contributed by atoms with Gasteiger partial charge < -0.3 is 15.8 Å². The molecule has 1 fully saturated rings. The fourth-order valence-electron chi connectivity index (χ4n) is 1.75. The minimum Gasteiger partial charge on any atom is -0.457 e. The fourth-order valence-corrected chi connectivity index (χ4v) is 2.53. The van der Waals surface area contributed by atoms with Gasteiger partial charge in [-0.2, -0.15) is 11.8 Å². The van der Waals surface area contributed by atoms with Crippen LogP contribution in [0.5, 0.6) is 11.5 Å². The van der Waals surface area contributed by atoms with E-state index in [0.29, 0.717) is 11.5 Å². The smallest absolute Gasteiger partial charge is 0.229 e. The summed E-state index contributed by atoms with van der Waals surface area (Å²) in [4.78, 5) is 10.6. The first-order valence-electron chi connectivity index (χ1n) is 7.65. The van der Waals surface area contributed by atoms with Gasteiger partial charge >= 0.3 is 0 Å². The molecule has 0 aromatic heterocycles. The van der Waals surface area contributed by atoms with E-state index < -0.39 is 0 Å². The average molecular weight is 350 g/mol. The van der Waals surface area contributed by atoms with Crippen LogP contribution in [0.2, 0.25) is 0 Å². The van der Waals surface area contributed by atoms with Gasteiger partial charge in [0.25, 0.3) is 0 Å². The molecule has 0 atom stereocenters. The van der Waals surface area contributed by atoms with E-state index in [9.17, 15) is 9.18 Å². The zero-order chi connectivity index (χ0) is 17.6. The molecule has 1 amide bonds. The van der Waals surface area contributed by atoms with E-state index in [2.05, 4.69) is 11.1 Å². The lowest BCUT2D eigenvalue weighted by Gasteiger charge is -2.04. The Labute approximate surface area is 146 Å². The van der Waals surface area contributed by atoms with E-state index in [4.69, 9.17) is 4.74 Å². The number of carbonyl (C=O) groups is 1. The number of benzene rings is 2. The number of nitrogens with one attached hydrogen (secondary N) is 1. The molecule has 0 spiro atoms. The largest absolute Gasteiger partial charge is 0.457 e. The van der Waals surface area contributed by atoms with Crippen LogP contribution in [0, 0.1) is 5.82 Å². The molecule has 0 unspecified atom stereocenters. The summed E-state index contributed by atoms with van der Waals surface area (Å²) >= 11 is 1.71. The Bertz CT molecular complexity index is 569. The first-order valence-corrected chi connectivity index (χ1v) is 8.80. The summed E-state index contributed by atoms with van der Waals surface area (Å²) in [6.45, 7) is 0.867. The van der Waals surface area contributed by atoms with Crippen LogP contribution in [0.15, 0.2) is 54.6 Å². The maximum absolute atomic E-state index is 12.6. The van der Waals surface area contributed by atoms with Crippen LogP contribution >= 0.6 is 11.8 Å². The summed E-state index contributed by atoms with van der Waals surface area (Å²) < 4.78 is 18.0. The number of nitrogens with two attached hydrogens (primary N) is 1. The maximum atomic E-state index is 12.6. The number of hydrogen-bond donors (Lipinski definition) is 2. The zero-order valence-electron chi connectivity index (χ0n) is 13.7. The van der Waals surface area contributed by atoms with Crippen LogP contribution in [0.3, 0.4) is 0 Å². The second-order valence-corrected chi connectivity index (χ2v) is 5.73. The van der Waals surface area contributed by atoms with Gasteiger partial charge in [0.2, 0.25) is 5.91 Å². The van der Waals surface area contributed by atoms with Gasteiger partial charge in [0.1, 0.15) is 17.3 Å². The van der Waals surface area contributed by atoms with Crippen molar-refractivity contribution in [3.8, 4) is 11.5 Å². The van der Waals surface area contributed by atoms with Crippen LogP contribution in [0.25, 0.3) is 0 Å². The zero-order valence-corrected chi connectivity index (χ0v) is 14.5. The molecule has 6 heteroatoms. The van der Waals surface area contributed by atoms with Crippen molar-refractivity contribution in [1.29, 1.82) is 0 Å². The Morgan fingerprint density at radius 1 is 1.04 bits per heavy atom. The molecule has 1 aliphatic rings. The van der Waals surface area contributed by atoms with Crippen molar-refractivity contribution in [1.82, 2.24) is 5.32 Å². The van der Waals surface area contributed by atoms with Crippen molar-refractivity contribution in [3.05, 3.63) is 60.4 Å². The summed E-state index contributed by atoms with van der Waals surface area (Å²) in [5.74, 6) is 3.09. The molecule has 0 radical (unpaired) electrons. The second-order valence-electron chi connectivity index (χ2n) is 4.63. The SMILES string of the molecule is CN.Fc1ccc(Oc2ccccc2)cc1.O=C1CSCCCN1. The van der Waals surface area contributed by atoms with Gasteiger partial charge in [0, 0.05) is 6.54 Å². The highest BCUT2D eigenvalue weighted by molar-refractivity contribution is 7.99. The normalized spacial score (nSPS) is 13.2. The lowest BCUT2D eigenvalue weighted by atomic mass is 10.3. The second kappa shape index (κ2) is 12.4. The van der Waals surface area contributed by atoms with Gasteiger partial charge in [-0.3, -0.25) is 4.79 Å². The number of para-hydroxylation sites is 1. The van der Waals surface area contributed by atoms with E-state index in [1.807, 2.05) is 30.3 Å². The van der Waals surface area contributed by atoms with Crippen LogP contribution in [-0.4, -0.2) is 31.0 Å². The minimum atomic E-state index is -0.259. The molecule has 3 N–H and O–H groups in total. The third kappa shape index (κ3) is 8.55. The van der Waals surface area contributed by atoms with Gasteiger partial charge in [-0.15, -0.1) is 0 Å². The maximum Gasteiger partial charge on any atom is 0.229 e. The highest BCUT2D eigenvalue weighted by Gasteiger charge is 2.03. The molecule has 0 saturated carbocycles. The summed E-state index contributed by atoms with van der Waals surface area (Å²) in [7, 11) is 1.50. The van der Waals surface area contributed by atoms with E-state index in [1.165, 1.54) is 19.2 Å². The number of amides is 1. The van der Waals surface area contributed by atoms with E-state index in [-0.39, 0.29) is 11.7 Å². The highest BCUT2D eigenvalue weighted by atomic mass is 32.2. The van der Waals surface area contributed by atoms with Crippen LogP contribution < -0.4 is 15.8 Å². The fraction of sp³-hybridized carbons (Fsp3) is 0.278. The third-order valence-corrected chi connectivity index (χ3v) is 3.86. The van der Waals surface area contributed by atoms with Crippen molar-refractivity contribution in [3.63, 3.8) is 0 Å². The van der Waals surface area contributed by atoms with Crippen molar-refractivity contribution >= 4 is 17.7 Å². The molecule has 24 heavy (non-hydrogen) atoms. The van der Waals surface area contributed by atoms with Gasteiger partial charge in [-0.25, -0.2) is 4.39 Å². The van der Waals surface area contributed by atoms with Crippen molar-refractivity contribution in [2.24, 2.45) is 5.73 Å². The monoisotopic (exact) mass is 350 g/mol. The predicted molar refractivity (Wildman–Crippen MR) is 98.0 cm³/mol. The Balaban J connectivity index is 0.000000245. The standard InChI is InChI=1S/C12H9FO.C5H9NOS.CH5N/c13-10-6-8-12(9-7-10)14-11-4-2-1-3-5-11;7-5-4-8-3-1-2-6-5;1-2/h1-9H;1-4H2,(H,6,7);2H2,1H3. The molecule has 2 aromatic rings. The number of rotatable bonds is 2. The van der Waals surface area contributed by atoms with E-state index in [0.717, 1.165) is 24.5 Å². The predicted octanol–water partition coefficient (Wildman–Crippen LogP) is 3.43.